The molecule has 0 fully saturated rings. The first-order chi connectivity index (χ1) is 10.0. The van der Waals surface area contributed by atoms with Crippen LogP contribution in [0.1, 0.15) is 34.5 Å². The predicted molar refractivity (Wildman–Crippen MR) is 78.1 cm³/mol. The largest absolute Gasteiger partial charge is 0.376 e. The quantitative estimate of drug-likeness (QED) is 0.905. The van der Waals surface area contributed by atoms with Crippen molar-refractivity contribution in [3.8, 4) is 6.07 Å². The zero-order valence-corrected chi connectivity index (χ0v) is 11.4. The molecule has 2 aromatic rings. The van der Waals surface area contributed by atoms with E-state index in [1.165, 1.54) is 18.2 Å². The fraction of sp³-hybridized carbons (Fsp3) is 0.125. The maximum absolute atomic E-state index is 13.8. The van der Waals surface area contributed by atoms with Gasteiger partial charge in [0.25, 0.3) is 0 Å². The Morgan fingerprint density at radius 1 is 1.33 bits per heavy atom. The summed E-state index contributed by atoms with van der Waals surface area (Å²) in [6, 6.07) is 12.8. The molecular weight excluding hydrogens is 269 g/mol. The molecule has 1 atom stereocenters. The maximum Gasteiger partial charge on any atom is 0.248 e. The Morgan fingerprint density at radius 2 is 2.10 bits per heavy atom. The molecule has 1 amide bonds. The minimum atomic E-state index is -0.614. The molecule has 21 heavy (non-hydrogen) atoms. The van der Waals surface area contributed by atoms with Crippen molar-refractivity contribution in [3.05, 3.63) is 65.0 Å². The van der Waals surface area contributed by atoms with Gasteiger partial charge in [0.05, 0.1) is 17.3 Å². The zero-order valence-electron chi connectivity index (χ0n) is 11.4. The number of carbonyl (C=O) groups excluding carboxylic acids is 1. The van der Waals surface area contributed by atoms with Crippen molar-refractivity contribution in [2.24, 2.45) is 5.73 Å². The second kappa shape index (κ2) is 6.06. The summed E-state index contributed by atoms with van der Waals surface area (Å²) in [7, 11) is 0. The molecule has 0 bridgehead atoms. The molecule has 1 unspecified atom stereocenters. The molecule has 0 spiro atoms. The van der Waals surface area contributed by atoms with Crippen molar-refractivity contribution in [3.63, 3.8) is 0 Å². The van der Waals surface area contributed by atoms with Crippen LogP contribution in [0.15, 0.2) is 42.5 Å². The lowest BCUT2D eigenvalue weighted by atomic mass is 10.0. The van der Waals surface area contributed by atoms with Gasteiger partial charge in [-0.25, -0.2) is 4.39 Å². The van der Waals surface area contributed by atoms with Gasteiger partial charge in [-0.05, 0) is 42.8 Å². The lowest BCUT2D eigenvalue weighted by molar-refractivity contribution is 0.100. The first-order valence-corrected chi connectivity index (χ1v) is 6.37. The summed E-state index contributed by atoms with van der Waals surface area (Å²) < 4.78 is 13.8. The third-order valence-electron chi connectivity index (χ3n) is 3.14. The minimum absolute atomic E-state index is 0.196. The highest BCUT2D eigenvalue weighted by Gasteiger charge is 2.11. The predicted octanol–water partition coefficient (Wildman–Crippen LogP) is 2.97. The summed E-state index contributed by atoms with van der Waals surface area (Å²) in [5, 5.41) is 11.9. The van der Waals surface area contributed by atoms with Crippen LogP contribution < -0.4 is 11.1 Å². The molecule has 0 heterocycles. The Morgan fingerprint density at radius 3 is 2.76 bits per heavy atom. The SMILES string of the molecule is CC(Nc1cc(C(N)=O)ccc1F)c1cccc(C#N)c1. The number of hydrogen-bond donors (Lipinski definition) is 2. The van der Waals surface area contributed by atoms with E-state index < -0.39 is 11.7 Å². The zero-order chi connectivity index (χ0) is 15.4. The van der Waals surface area contributed by atoms with Crippen LogP contribution in [0, 0.1) is 17.1 Å². The lowest BCUT2D eigenvalue weighted by Gasteiger charge is -2.17. The number of nitrogens with two attached hydrogens (primary N) is 1. The molecule has 2 rings (SSSR count). The molecule has 0 aliphatic rings. The Labute approximate surface area is 122 Å². The summed E-state index contributed by atoms with van der Waals surface area (Å²) in [6.07, 6.45) is 0. The standard InChI is InChI=1S/C16H14FN3O/c1-10(12-4-2-3-11(7-12)9-18)20-15-8-13(16(19)21)5-6-14(15)17/h2-8,10,20H,1H3,(H2,19,21). The smallest absolute Gasteiger partial charge is 0.248 e. The van der Waals surface area contributed by atoms with Gasteiger partial charge in [0.2, 0.25) is 5.91 Å². The monoisotopic (exact) mass is 283 g/mol. The lowest BCUT2D eigenvalue weighted by Crippen LogP contribution is -2.13. The maximum atomic E-state index is 13.8. The first-order valence-electron chi connectivity index (χ1n) is 6.37. The molecule has 0 radical (unpaired) electrons. The topological polar surface area (TPSA) is 78.9 Å². The second-order valence-electron chi connectivity index (χ2n) is 4.66. The van der Waals surface area contributed by atoms with Crippen LogP contribution in [-0.2, 0) is 0 Å². The molecule has 0 aromatic heterocycles. The number of benzene rings is 2. The third-order valence-corrected chi connectivity index (χ3v) is 3.14. The van der Waals surface area contributed by atoms with E-state index in [1.54, 1.807) is 18.2 Å². The molecule has 0 aliphatic heterocycles. The van der Waals surface area contributed by atoms with E-state index in [4.69, 9.17) is 11.0 Å². The van der Waals surface area contributed by atoms with Gasteiger partial charge in [0.15, 0.2) is 0 Å². The number of rotatable bonds is 4. The van der Waals surface area contributed by atoms with Crippen molar-refractivity contribution in [2.45, 2.75) is 13.0 Å². The summed E-state index contributed by atoms with van der Waals surface area (Å²) in [4.78, 5) is 11.1. The Hall–Kier alpha value is -2.87. The number of nitrogens with zero attached hydrogens (tertiary/aromatic N) is 1. The number of nitriles is 1. The highest BCUT2D eigenvalue weighted by molar-refractivity contribution is 5.93. The summed E-state index contributed by atoms with van der Waals surface area (Å²) in [6.45, 7) is 1.84. The first kappa shape index (κ1) is 14.5. The summed E-state index contributed by atoms with van der Waals surface area (Å²) in [5.74, 6) is -1.08. The Balaban J connectivity index is 2.26. The highest BCUT2D eigenvalue weighted by atomic mass is 19.1. The average molecular weight is 283 g/mol. The fourth-order valence-electron chi connectivity index (χ4n) is 1.98. The van der Waals surface area contributed by atoms with E-state index in [1.807, 2.05) is 13.0 Å². The van der Waals surface area contributed by atoms with Crippen molar-refractivity contribution < 1.29 is 9.18 Å². The fourth-order valence-corrected chi connectivity index (χ4v) is 1.98. The molecule has 4 nitrogen and oxygen atoms in total. The molecule has 2 aromatic carbocycles. The Bertz CT molecular complexity index is 722. The molecule has 0 aliphatic carbocycles. The second-order valence-corrected chi connectivity index (χ2v) is 4.66. The van der Waals surface area contributed by atoms with Gasteiger partial charge in [-0.15, -0.1) is 0 Å². The van der Waals surface area contributed by atoms with Gasteiger partial charge < -0.3 is 11.1 Å². The van der Waals surface area contributed by atoms with E-state index in [-0.39, 0.29) is 17.3 Å². The third kappa shape index (κ3) is 3.37. The van der Waals surface area contributed by atoms with Crippen molar-refractivity contribution >= 4 is 11.6 Å². The van der Waals surface area contributed by atoms with Gasteiger partial charge in [0.1, 0.15) is 5.82 Å². The van der Waals surface area contributed by atoms with Crippen LogP contribution >= 0.6 is 0 Å². The van der Waals surface area contributed by atoms with Gasteiger partial charge >= 0.3 is 0 Å². The van der Waals surface area contributed by atoms with Crippen molar-refractivity contribution in [1.82, 2.24) is 0 Å². The van der Waals surface area contributed by atoms with E-state index in [9.17, 15) is 9.18 Å². The number of hydrogen-bond acceptors (Lipinski definition) is 3. The van der Waals surface area contributed by atoms with Crippen LogP contribution in [0.2, 0.25) is 0 Å². The molecule has 0 saturated heterocycles. The minimum Gasteiger partial charge on any atom is -0.376 e. The van der Waals surface area contributed by atoms with Gasteiger partial charge in [-0.3, -0.25) is 4.79 Å². The molecule has 106 valence electrons. The number of halogens is 1. The molecule has 0 saturated carbocycles. The van der Waals surface area contributed by atoms with Gasteiger partial charge in [0, 0.05) is 11.6 Å². The van der Waals surface area contributed by atoms with Crippen molar-refractivity contribution in [2.75, 3.05) is 5.32 Å². The number of nitrogens with one attached hydrogen (secondary N) is 1. The molecule has 3 N–H and O–H groups in total. The van der Waals surface area contributed by atoms with E-state index in [0.29, 0.717) is 5.56 Å². The normalized spacial score (nSPS) is 11.5. The number of amides is 1. The summed E-state index contributed by atoms with van der Waals surface area (Å²) in [5.41, 5.74) is 7.00. The van der Waals surface area contributed by atoms with E-state index in [2.05, 4.69) is 11.4 Å². The van der Waals surface area contributed by atoms with Crippen LogP contribution in [-0.4, -0.2) is 5.91 Å². The van der Waals surface area contributed by atoms with Gasteiger partial charge in [-0.2, -0.15) is 5.26 Å². The number of anilines is 1. The van der Waals surface area contributed by atoms with Crippen LogP contribution in [0.4, 0.5) is 10.1 Å². The Kier molecular flexibility index (Phi) is 4.19. The van der Waals surface area contributed by atoms with Crippen LogP contribution in [0.3, 0.4) is 0 Å². The molecular formula is C16H14FN3O. The number of carbonyl (C=O) groups is 1. The highest BCUT2D eigenvalue weighted by Crippen LogP contribution is 2.23. The van der Waals surface area contributed by atoms with Gasteiger partial charge in [-0.1, -0.05) is 12.1 Å². The van der Waals surface area contributed by atoms with Crippen molar-refractivity contribution in [1.29, 1.82) is 5.26 Å². The van der Waals surface area contributed by atoms with E-state index >= 15 is 0 Å². The summed E-state index contributed by atoms with van der Waals surface area (Å²) >= 11 is 0. The van der Waals surface area contributed by atoms with E-state index in [0.717, 1.165) is 5.56 Å². The van der Waals surface area contributed by atoms with Crippen LogP contribution in [0.5, 0.6) is 0 Å². The average Bonchev–Trinajstić information content (AvgIpc) is 2.49. The molecule has 5 heteroatoms. The van der Waals surface area contributed by atoms with Crippen LogP contribution in [0.25, 0.3) is 0 Å². The number of primary amides is 1.